The van der Waals surface area contributed by atoms with Gasteiger partial charge in [-0.2, -0.15) is 18.4 Å². The topological polar surface area (TPSA) is 91.2 Å². The first-order chi connectivity index (χ1) is 12.2. The first-order valence-corrected chi connectivity index (χ1v) is 7.74. The van der Waals surface area contributed by atoms with Gasteiger partial charge in [0.1, 0.15) is 11.6 Å². The Balaban J connectivity index is 2.74. The Labute approximate surface area is 152 Å². The van der Waals surface area contributed by atoms with E-state index in [9.17, 15) is 22.8 Å². The minimum atomic E-state index is -4.68. The molecule has 26 heavy (non-hydrogen) atoms. The summed E-state index contributed by atoms with van der Waals surface area (Å²) in [6, 6.07) is 4.46. The highest BCUT2D eigenvalue weighted by molar-refractivity contribution is 6.31. The first-order valence-electron chi connectivity index (χ1n) is 7.36. The SMILES string of the molecule is CCOC(=O)CCN/C=C(/C#N)C(=O)Nc1ccc(Cl)c(C(F)(F)F)c1. The number of hydrogen-bond acceptors (Lipinski definition) is 5. The summed E-state index contributed by atoms with van der Waals surface area (Å²) in [6.45, 7) is 2.02. The van der Waals surface area contributed by atoms with Crippen molar-refractivity contribution in [2.45, 2.75) is 19.5 Å². The number of benzene rings is 1. The summed E-state index contributed by atoms with van der Waals surface area (Å²) >= 11 is 5.50. The largest absolute Gasteiger partial charge is 0.466 e. The van der Waals surface area contributed by atoms with Gasteiger partial charge in [0.15, 0.2) is 0 Å². The Morgan fingerprint density at radius 1 is 1.38 bits per heavy atom. The predicted octanol–water partition coefficient (Wildman–Crippen LogP) is 3.25. The van der Waals surface area contributed by atoms with Gasteiger partial charge in [-0.15, -0.1) is 0 Å². The number of esters is 1. The van der Waals surface area contributed by atoms with Gasteiger partial charge >= 0.3 is 12.1 Å². The number of nitriles is 1. The van der Waals surface area contributed by atoms with Gasteiger partial charge in [0.2, 0.25) is 0 Å². The monoisotopic (exact) mass is 389 g/mol. The quantitative estimate of drug-likeness (QED) is 0.323. The molecule has 1 aromatic carbocycles. The molecule has 0 spiro atoms. The number of anilines is 1. The molecule has 6 nitrogen and oxygen atoms in total. The number of ether oxygens (including phenoxy) is 1. The van der Waals surface area contributed by atoms with E-state index in [2.05, 4.69) is 10.6 Å². The van der Waals surface area contributed by atoms with Crippen LogP contribution in [-0.4, -0.2) is 25.0 Å². The Bertz CT molecular complexity index is 742. The predicted molar refractivity (Wildman–Crippen MR) is 88.0 cm³/mol. The number of carbonyl (C=O) groups excluding carboxylic acids is 2. The summed E-state index contributed by atoms with van der Waals surface area (Å²) in [5.74, 6) is -1.36. The van der Waals surface area contributed by atoms with Gasteiger partial charge in [0.05, 0.1) is 23.6 Å². The molecule has 0 aliphatic rings. The molecule has 0 aliphatic heterocycles. The highest BCUT2D eigenvalue weighted by Gasteiger charge is 2.33. The van der Waals surface area contributed by atoms with Crippen molar-refractivity contribution in [1.82, 2.24) is 5.32 Å². The van der Waals surface area contributed by atoms with E-state index in [0.717, 1.165) is 12.3 Å². The lowest BCUT2D eigenvalue weighted by molar-refractivity contribution is -0.143. The Hall–Kier alpha value is -2.73. The van der Waals surface area contributed by atoms with Gasteiger partial charge in [-0.05, 0) is 25.1 Å². The number of rotatable bonds is 7. The molecule has 0 fully saturated rings. The molecule has 1 amide bonds. The van der Waals surface area contributed by atoms with Gasteiger partial charge in [0.25, 0.3) is 5.91 Å². The van der Waals surface area contributed by atoms with Crippen LogP contribution in [0.15, 0.2) is 30.0 Å². The van der Waals surface area contributed by atoms with Gasteiger partial charge in [0, 0.05) is 18.4 Å². The smallest absolute Gasteiger partial charge is 0.417 e. The molecule has 0 heterocycles. The van der Waals surface area contributed by atoms with Crippen LogP contribution >= 0.6 is 11.6 Å². The summed E-state index contributed by atoms with van der Waals surface area (Å²) < 4.78 is 43.1. The lowest BCUT2D eigenvalue weighted by Crippen LogP contribution is -2.19. The molecular weight excluding hydrogens is 375 g/mol. The van der Waals surface area contributed by atoms with Gasteiger partial charge < -0.3 is 15.4 Å². The highest BCUT2D eigenvalue weighted by Crippen LogP contribution is 2.36. The van der Waals surface area contributed by atoms with Crippen molar-refractivity contribution in [3.63, 3.8) is 0 Å². The lowest BCUT2D eigenvalue weighted by atomic mass is 10.2. The minimum Gasteiger partial charge on any atom is -0.466 e. The molecule has 1 aromatic rings. The van der Waals surface area contributed by atoms with E-state index >= 15 is 0 Å². The van der Waals surface area contributed by atoms with Crippen LogP contribution in [0.3, 0.4) is 0 Å². The van der Waals surface area contributed by atoms with E-state index in [1.807, 2.05) is 0 Å². The third-order valence-electron chi connectivity index (χ3n) is 2.92. The molecule has 0 aliphatic carbocycles. The van der Waals surface area contributed by atoms with E-state index < -0.39 is 28.6 Å². The summed E-state index contributed by atoms with van der Waals surface area (Å²) in [6.07, 6.45) is -3.59. The average Bonchev–Trinajstić information content (AvgIpc) is 2.55. The van der Waals surface area contributed by atoms with Crippen molar-refractivity contribution >= 4 is 29.2 Å². The van der Waals surface area contributed by atoms with Crippen LogP contribution in [0, 0.1) is 11.3 Å². The summed E-state index contributed by atoms with van der Waals surface area (Å²) in [7, 11) is 0. The van der Waals surface area contributed by atoms with Crippen molar-refractivity contribution in [2.75, 3.05) is 18.5 Å². The van der Waals surface area contributed by atoms with Crippen LogP contribution in [0.5, 0.6) is 0 Å². The Morgan fingerprint density at radius 3 is 2.65 bits per heavy atom. The van der Waals surface area contributed by atoms with Crippen molar-refractivity contribution in [3.8, 4) is 6.07 Å². The number of carbonyl (C=O) groups is 2. The minimum absolute atomic E-state index is 0.0246. The molecule has 0 saturated carbocycles. The molecule has 0 radical (unpaired) electrons. The molecule has 10 heteroatoms. The van der Waals surface area contributed by atoms with Crippen LogP contribution in [0.25, 0.3) is 0 Å². The van der Waals surface area contributed by atoms with E-state index in [-0.39, 0.29) is 30.8 Å². The maximum Gasteiger partial charge on any atom is 0.417 e. The van der Waals surface area contributed by atoms with E-state index in [4.69, 9.17) is 21.6 Å². The molecule has 140 valence electrons. The number of alkyl halides is 3. The molecule has 2 N–H and O–H groups in total. The van der Waals surface area contributed by atoms with Crippen LogP contribution in [0.2, 0.25) is 5.02 Å². The zero-order valence-electron chi connectivity index (χ0n) is 13.6. The number of hydrogen-bond donors (Lipinski definition) is 2. The average molecular weight is 390 g/mol. The van der Waals surface area contributed by atoms with Crippen LogP contribution in [0.4, 0.5) is 18.9 Å². The van der Waals surface area contributed by atoms with E-state index in [1.165, 1.54) is 6.07 Å². The van der Waals surface area contributed by atoms with Crippen molar-refractivity contribution in [3.05, 3.63) is 40.6 Å². The molecular formula is C16H15ClF3N3O3. The zero-order chi connectivity index (χ0) is 19.7. The van der Waals surface area contributed by atoms with Gasteiger partial charge in [-0.3, -0.25) is 9.59 Å². The second-order valence-corrected chi connectivity index (χ2v) is 5.23. The van der Waals surface area contributed by atoms with Crippen LogP contribution < -0.4 is 10.6 Å². The molecule has 0 atom stereocenters. The van der Waals surface area contributed by atoms with Crippen molar-refractivity contribution in [2.24, 2.45) is 0 Å². The molecule has 0 unspecified atom stereocenters. The highest BCUT2D eigenvalue weighted by atomic mass is 35.5. The maximum absolute atomic E-state index is 12.8. The summed E-state index contributed by atoms with van der Waals surface area (Å²) in [5.41, 5.74) is -1.65. The number of nitrogens with one attached hydrogen (secondary N) is 2. The summed E-state index contributed by atoms with van der Waals surface area (Å²) in [4.78, 5) is 23.1. The lowest BCUT2D eigenvalue weighted by Gasteiger charge is -2.11. The molecule has 0 bridgehead atoms. The van der Waals surface area contributed by atoms with Crippen LogP contribution in [0.1, 0.15) is 18.9 Å². The fourth-order valence-electron chi connectivity index (χ4n) is 1.75. The van der Waals surface area contributed by atoms with Crippen LogP contribution in [-0.2, 0) is 20.5 Å². The second-order valence-electron chi connectivity index (χ2n) is 4.83. The molecule has 0 aromatic heterocycles. The Morgan fingerprint density at radius 2 is 2.08 bits per heavy atom. The third-order valence-corrected chi connectivity index (χ3v) is 3.25. The van der Waals surface area contributed by atoms with Gasteiger partial charge in [-0.25, -0.2) is 0 Å². The normalized spacial score (nSPS) is 11.5. The third kappa shape index (κ3) is 6.64. The van der Waals surface area contributed by atoms with E-state index in [0.29, 0.717) is 6.07 Å². The fraction of sp³-hybridized carbons (Fsp3) is 0.312. The Kier molecular flexibility index (Phi) is 7.93. The number of nitrogens with zero attached hydrogens (tertiary/aromatic N) is 1. The van der Waals surface area contributed by atoms with Gasteiger partial charge in [-0.1, -0.05) is 11.6 Å². The fourth-order valence-corrected chi connectivity index (χ4v) is 1.97. The zero-order valence-corrected chi connectivity index (χ0v) is 14.4. The standard InChI is InChI=1S/C16H15ClF3N3O3/c1-2-26-14(24)5-6-22-9-10(8-21)15(25)23-11-3-4-13(17)12(7-11)16(18,19)20/h3-4,7,9,22H,2,5-6H2,1H3,(H,23,25)/b10-9-. The maximum atomic E-state index is 12.8. The first kappa shape index (κ1) is 21.3. The second kappa shape index (κ2) is 9.68. The number of halogens is 4. The van der Waals surface area contributed by atoms with E-state index in [1.54, 1.807) is 13.0 Å². The number of amides is 1. The molecule has 0 saturated heterocycles. The summed E-state index contributed by atoms with van der Waals surface area (Å²) in [5, 5.41) is 13.2. The van der Waals surface area contributed by atoms with Crippen molar-refractivity contribution < 1.29 is 27.5 Å². The molecule has 1 rings (SSSR count). The van der Waals surface area contributed by atoms with Crippen molar-refractivity contribution in [1.29, 1.82) is 5.26 Å².